The van der Waals surface area contributed by atoms with Gasteiger partial charge in [0.1, 0.15) is 0 Å². The van der Waals surface area contributed by atoms with Crippen molar-refractivity contribution in [3.05, 3.63) is 0 Å². The highest BCUT2D eigenvalue weighted by Crippen LogP contribution is 2.39. The van der Waals surface area contributed by atoms with Gasteiger partial charge in [-0.1, -0.05) is 19.3 Å². The number of thioether (sulfide) groups is 1. The van der Waals surface area contributed by atoms with E-state index in [9.17, 15) is 0 Å². The van der Waals surface area contributed by atoms with Crippen LogP contribution in [0, 0.1) is 0 Å². The van der Waals surface area contributed by atoms with Crippen LogP contribution in [0.15, 0.2) is 0 Å². The van der Waals surface area contributed by atoms with E-state index in [-0.39, 0.29) is 0 Å². The van der Waals surface area contributed by atoms with Gasteiger partial charge in [-0.25, -0.2) is 0 Å². The first-order valence-corrected chi connectivity index (χ1v) is 8.98. The maximum absolute atomic E-state index is 3.80. The molecule has 2 aliphatic rings. The zero-order chi connectivity index (χ0) is 12.8. The average molecular weight is 270 g/mol. The van der Waals surface area contributed by atoms with Crippen LogP contribution in [0.1, 0.15) is 58.3 Å². The molecule has 3 heteroatoms. The SMILES string of the molecule is CSC1(CNC(C)CC2CCCCN2)CCCC1. The molecular formula is C15H30N2S. The summed E-state index contributed by atoms with van der Waals surface area (Å²) >= 11 is 2.09. The first kappa shape index (κ1) is 14.7. The van der Waals surface area contributed by atoms with Crippen LogP contribution in [-0.2, 0) is 0 Å². The van der Waals surface area contributed by atoms with Crippen molar-refractivity contribution in [2.24, 2.45) is 0 Å². The summed E-state index contributed by atoms with van der Waals surface area (Å²) in [6, 6.07) is 1.42. The Labute approximate surface area is 117 Å². The fourth-order valence-corrected chi connectivity index (χ4v) is 4.39. The first-order valence-electron chi connectivity index (χ1n) is 7.76. The van der Waals surface area contributed by atoms with Crippen LogP contribution in [0.3, 0.4) is 0 Å². The van der Waals surface area contributed by atoms with E-state index in [1.165, 1.54) is 64.5 Å². The summed E-state index contributed by atoms with van der Waals surface area (Å²) in [7, 11) is 0. The molecule has 2 atom stereocenters. The Morgan fingerprint density at radius 1 is 1.28 bits per heavy atom. The molecule has 1 heterocycles. The number of rotatable bonds is 6. The first-order chi connectivity index (χ1) is 8.74. The summed E-state index contributed by atoms with van der Waals surface area (Å²) in [4.78, 5) is 0. The van der Waals surface area contributed by atoms with E-state index in [4.69, 9.17) is 0 Å². The Morgan fingerprint density at radius 3 is 2.67 bits per heavy atom. The van der Waals surface area contributed by atoms with Gasteiger partial charge in [-0.05, 0) is 51.8 Å². The van der Waals surface area contributed by atoms with Crippen molar-refractivity contribution in [1.82, 2.24) is 10.6 Å². The molecule has 2 nitrogen and oxygen atoms in total. The molecule has 0 bridgehead atoms. The predicted octanol–water partition coefficient (Wildman–Crippen LogP) is 3.17. The van der Waals surface area contributed by atoms with Crippen LogP contribution >= 0.6 is 11.8 Å². The number of nitrogens with one attached hydrogen (secondary N) is 2. The van der Waals surface area contributed by atoms with Crippen molar-refractivity contribution in [1.29, 1.82) is 0 Å². The van der Waals surface area contributed by atoms with E-state index in [0.717, 1.165) is 6.04 Å². The highest BCUT2D eigenvalue weighted by molar-refractivity contribution is 8.00. The van der Waals surface area contributed by atoms with Crippen LogP contribution in [0.2, 0.25) is 0 Å². The molecule has 2 N–H and O–H groups in total. The number of hydrogen-bond acceptors (Lipinski definition) is 3. The van der Waals surface area contributed by atoms with Crippen molar-refractivity contribution >= 4 is 11.8 Å². The van der Waals surface area contributed by atoms with Gasteiger partial charge in [0.2, 0.25) is 0 Å². The molecule has 1 aliphatic carbocycles. The molecule has 2 rings (SSSR count). The van der Waals surface area contributed by atoms with Crippen molar-refractivity contribution in [2.45, 2.75) is 75.1 Å². The maximum atomic E-state index is 3.80. The highest BCUT2D eigenvalue weighted by atomic mass is 32.2. The third-order valence-electron chi connectivity index (χ3n) is 4.77. The fraction of sp³-hybridized carbons (Fsp3) is 1.00. The Kier molecular flexibility index (Phi) is 5.84. The summed E-state index contributed by atoms with van der Waals surface area (Å²) in [5.41, 5.74) is 0. The molecule has 106 valence electrons. The van der Waals surface area contributed by atoms with Gasteiger partial charge in [0.15, 0.2) is 0 Å². The largest absolute Gasteiger partial charge is 0.314 e. The average Bonchev–Trinajstić information content (AvgIpc) is 2.87. The molecule has 0 amide bonds. The summed E-state index contributed by atoms with van der Waals surface area (Å²) < 4.78 is 0.550. The van der Waals surface area contributed by atoms with Gasteiger partial charge in [-0.2, -0.15) is 11.8 Å². The second kappa shape index (κ2) is 7.16. The molecule has 0 radical (unpaired) electrons. The number of piperidine rings is 1. The zero-order valence-corrected chi connectivity index (χ0v) is 13.0. The van der Waals surface area contributed by atoms with Crippen LogP contribution in [0.4, 0.5) is 0 Å². The van der Waals surface area contributed by atoms with Gasteiger partial charge in [0, 0.05) is 23.4 Å². The van der Waals surface area contributed by atoms with E-state index < -0.39 is 0 Å². The summed E-state index contributed by atoms with van der Waals surface area (Å²) in [6.45, 7) is 4.80. The van der Waals surface area contributed by atoms with E-state index >= 15 is 0 Å². The molecule has 0 aromatic heterocycles. The number of hydrogen-bond donors (Lipinski definition) is 2. The third kappa shape index (κ3) is 4.14. The Morgan fingerprint density at radius 2 is 2.06 bits per heavy atom. The van der Waals surface area contributed by atoms with Gasteiger partial charge in [-0.15, -0.1) is 0 Å². The standard InChI is InChI=1S/C15H30N2S/c1-13(11-14-7-3-6-10-16-14)17-12-15(18-2)8-4-5-9-15/h13-14,16-17H,3-12H2,1-2H3. The smallest absolute Gasteiger partial charge is 0.0281 e. The van der Waals surface area contributed by atoms with Crippen LogP contribution < -0.4 is 10.6 Å². The normalized spacial score (nSPS) is 29.3. The van der Waals surface area contributed by atoms with Gasteiger partial charge < -0.3 is 10.6 Å². The lowest BCUT2D eigenvalue weighted by Gasteiger charge is -2.31. The Hall–Kier alpha value is 0.270. The van der Waals surface area contributed by atoms with Crippen molar-refractivity contribution in [3.8, 4) is 0 Å². The lowest BCUT2D eigenvalue weighted by atomic mass is 9.98. The Balaban J connectivity index is 1.68. The van der Waals surface area contributed by atoms with Crippen LogP contribution in [0.5, 0.6) is 0 Å². The lowest BCUT2D eigenvalue weighted by molar-refractivity contribution is 0.339. The van der Waals surface area contributed by atoms with Crippen LogP contribution in [0.25, 0.3) is 0 Å². The molecule has 18 heavy (non-hydrogen) atoms. The van der Waals surface area contributed by atoms with Crippen LogP contribution in [-0.4, -0.2) is 36.2 Å². The second-order valence-corrected chi connectivity index (χ2v) is 7.53. The summed E-state index contributed by atoms with van der Waals surface area (Å²) in [6.07, 6.45) is 13.4. The molecule has 2 fully saturated rings. The molecule has 1 saturated heterocycles. The molecule has 0 spiro atoms. The van der Waals surface area contributed by atoms with E-state index in [1.807, 2.05) is 0 Å². The maximum Gasteiger partial charge on any atom is 0.0281 e. The summed E-state index contributed by atoms with van der Waals surface area (Å²) in [5, 5.41) is 7.46. The monoisotopic (exact) mass is 270 g/mol. The van der Waals surface area contributed by atoms with E-state index in [2.05, 4.69) is 35.6 Å². The predicted molar refractivity (Wildman–Crippen MR) is 82.4 cm³/mol. The van der Waals surface area contributed by atoms with Crippen molar-refractivity contribution < 1.29 is 0 Å². The van der Waals surface area contributed by atoms with Crippen molar-refractivity contribution in [3.63, 3.8) is 0 Å². The fourth-order valence-electron chi connectivity index (χ4n) is 3.47. The molecule has 1 saturated carbocycles. The summed E-state index contributed by atoms with van der Waals surface area (Å²) in [5.74, 6) is 0. The quantitative estimate of drug-likeness (QED) is 0.775. The van der Waals surface area contributed by atoms with E-state index in [0.29, 0.717) is 10.8 Å². The van der Waals surface area contributed by atoms with Gasteiger partial charge in [-0.3, -0.25) is 0 Å². The van der Waals surface area contributed by atoms with Gasteiger partial charge in [0.25, 0.3) is 0 Å². The van der Waals surface area contributed by atoms with Gasteiger partial charge in [0.05, 0.1) is 0 Å². The Bertz CT molecular complexity index is 233. The topological polar surface area (TPSA) is 24.1 Å². The molecule has 0 aromatic rings. The minimum atomic E-state index is 0.550. The van der Waals surface area contributed by atoms with Gasteiger partial charge >= 0.3 is 0 Å². The minimum Gasteiger partial charge on any atom is -0.314 e. The minimum absolute atomic E-state index is 0.550. The lowest BCUT2D eigenvalue weighted by Crippen LogP contribution is -2.44. The second-order valence-electron chi connectivity index (χ2n) is 6.26. The molecular weight excluding hydrogens is 240 g/mol. The molecule has 0 aromatic carbocycles. The molecule has 2 unspecified atom stereocenters. The van der Waals surface area contributed by atoms with E-state index in [1.54, 1.807) is 0 Å². The third-order valence-corrected chi connectivity index (χ3v) is 6.19. The zero-order valence-electron chi connectivity index (χ0n) is 12.1. The highest BCUT2D eigenvalue weighted by Gasteiger charge is 2.33. The molecule has 1 aliphatic heterocycles. The van der Waals surface area contributed by atoms with Crippen molar-refractivity contribution in [2.75, 3.05) is 19.3 Å².